The van der Waals surface area contributed by atoms with Crippen LogP contribution in [0.5, 0.6) is 0 Å². The van der Waals surface area contributed by atoms with Crippen LogP contribution < -0.4 is 0 Å². The first-order valence-electron chi connectivity index (χ1n) is 8.54. The van der Waals surface area contributed by atoms with Gasteiger partial charge in [-0.1, -0.05) is 67.1 Å². The van der Waals surface area contributed by atoms with E-state index in [2.05, 4.69) is 29.2 Å². The van der Waals surface area contributed by atoms with Gasteiger partial charge in [-0.15, -0.1) is 12.4 Å². The average Bonchev–Trinajstić information content (AvgIpc) is 2.63. The number of piperidine rings is 1. The molecule has 1 saturated heterocycles. The highest BCUT2D eigenvalue weighted by Gasteiger charge is 2.21. The van der Waals surface area contributed by atoms with Crippen molar-refractivity contribution in [3.8, 4) is 0 Å². The van der Waals surface area contributed by atoms with Gasteiger partial charge in [0, 0.05) is 23.1 Å². The normalized spacial score (nSPS) is 16.5. The van der Waals surface area contributed by atoms with Crippen LogP contribution in [0.3, 0.4) is 0 Å². The van der Waals surface area contributed by atoms with Crippen LogP contribution in [-0.2, 0) is 10.8 Å². The first-order chi connectivity index (χ1) is 11.3. The molecular formula is C20H26ClNOS. The van der Waals surface area contributed by atoms with Crippen LogP contribution in [-0.4, -0.2) is 34.5 Å². The van der Waals surface area contributed by atoms with Gasteiger partial charge in [-0.3, -0.25) is 4.21 Å². The Kier molecular flexibility index (Phi) is 7.97. The zero-order valence-electron chi connectivity index (χ0n) is 14.0. The zero-order chi connectivity index (χ0) is 15.9. The van der Waals surface area contributed by atoms with Gasteiger partial charge in [0.05, 0.1) is 5.25 Å². The monoisotopic (exact) mass is 363 g/mol. The predicted molar refractivity (Wildman–Crippen MR) is 105 cm³/mol. The molecule has 1 heterocycles. The van der Waals surface area contributed by atoms with Crippen molar-refractivity contribution < 1.29 is 4.21 Å². The van der Waals surface area contributed by atoms with Gasteiger partial charge in [-0.2, -0.15) is 0 Å². The summed E-state index contributed by atoms with van der Waals surface area (Å²) in [5.41, 5.74) is 2.30. The maximum Gasteiger partial charge on any atom is 0.0847 e. The smallest absolute Gasteiger partial charge is 0.0847 e. The molecule has 0 radical (unpaired) electrons. The molecule has 0 aromatic heterocycles. The van der Waals surface area contributed by atoms with Crippen molar-refractivity contribution in [1.29, 1.82) is 0 Å². The lowest BCUT2D eigenvalue weighted by atomic mass is 10.0. The highest BCUT2D eigenvalue weighted by atomic mass is 35.5. The number of benzene rings is 2. The summed E-state index contributed by atoms with van der Waals surface area (Å²) in [6.45, 7) is 3.28. The highest BCUT2D eigenvalue weighted by Crippen LogP contribution is 2.28. The number of nitrogens with zero attached hydrogens (tertiary/aromatic N) is 1. The van der Waals surface area contributed by atoms with Gasteiger partial charge in [0.25, 0.3) is 0 Å². The minimum Gasteiger partial charge on any atom is -0.302 e. The molecular weight excluding hydrogens is 338 g/mol. The maximum absolute atomic E-state index is 13.1. The van der Waals surface area contributed by atoms with Crippen molar-refractivity contribution in [2.75, 3.05) is 25.4 Å². The van der Waals surface area contributed by atoms with E-state index < -0.39 is 10.8 Å². The largest absolute Gasteiger partial charge is 0.302 e. The van der Waals surface area contributed by atoms with Gasteiger partial charge >= 0.3 is 0 Å². The van der Waals surface area contributed by atoms with E-state index in [1.807, 2.05) is 36.4 Å². The summed E-state index contributed by atoms with van der Waals surface area (Å²) >= 11 is 0. The third-order valence-corrected chi connectivity index (χ3v) is 6.18. The topological polar surface area (TPSA) is 20.3 Å². The summed E-state index contributed by atoms with van der Waals surface area (Å²) in [5.74, 6) is 0.744. The second-order valence-electron chi connectivity index (χ2n) is 6.19. The van der Waals surface area contributed by atoms with Crippen LogP contribution in [0.1, 0.15) is 35.6 Å². The van der Waals surface area contributed by atoms with Crippen molar-refractivity contribution in [2.45, 2.75) is 24.5 Å². The standard InChI is InChI=1S/C20H25NOS.ClH/c22-23(17-16-21-14-8-3-9-15-21)20(18-10-4-1-5-11-18)19-12-6-2-7-13-19;/h1-2,4-7,10-13,20H,3,8-9,14-17H2;1H. The third kappa shape index (κ3) is 5.17. The molecule has 130 valence electrons. The molecule has 0 bridgehead atoms. The summed E-state index contributed by atoms with van der Waals surface area (Å²) in [7, 11) is -0.903. The Morgan fingerprint density at radius 2 is 1.33 bits per heavy atom. The minimum absolute atomic E-state index is 0. The van der Waals surface area contributed by atoms with Crippen molar-refractivity contribution in [2.24, 2.45) is 0 Å². The molecule has 1 fully saturated rings. The molecule has 4 heteroatoms. The molecule has 3 rings (SSSR count). The summed E-state index contributed by atoms with van der Waals surface area (Å²) in [6, 6.07) is 20.5. The van der Waals surface area contributed by atoms with E-state index in [0.717, 1.165) is 23.4 Å². The van der Waals surface area contributed by atoms with E-state index in [9.17, 15) is 4.21 Å². The van der Waals surface area contributed by atoms with Crippen molar-refractivity contribution in [3.05, 3.63) is 71.8 Å². The summed E-state index contributed by atoms with van der Waals surface area (Å²) in [4.78, 5) is 2.47. The third-order valence-electron chi connectivity index (χ3n) is 4.52. The summed E-state index contributed by atoms with van der Waals surface area (Å²) in [5, 5.41) is -0.0257. The Bertz CT molecular complexity index is 575. The van der Waals surface area contributed by atoms with Gasteiger partial charge in [-0.25, -0.2) is 0 Å². The van der Waals surface area contributed by atoms with Crippen molar-refractivity contribution in [1.82, 2.24) is 4.90 Å². The van der Waals surface area contributed by atoms with E-state index in [0.29, 0.717) is 0 Å². The van der Waals surface area contributed by atoms with Crippen LogP contribution in [0.25, 0.3) is 0 Å². The lowest BCUT2D eigenvalue weighted by molar-refractivity contribution is 0.241. The number of halogens is 1. The summed E-state index contributed by atoms with van der Waals surface area (Å²) < 4.78 is 13.1. The fraction of sp³-hybridized carbons (Fsp3) is 0.400. The lowest BCUT2D eigenvalue weighted by Gasteiger charge is -2.27. The molecule has 1 unspecified atom stereocenters. The van der Waals surface area contributed by atoms with Gasteiger partial charge in [0.2, 0.25) is 0 Å². The lowest BCUT2D eigenvalue weighted by Crippen LogP contribution is -2.33. The quantitative estimate of drug-likeness (QED) is 0.756. The highest BCUT2D eigenvalue weighted by molar-refractivity contribution is 7.85. The van der Waals surface area contributed by atoms with E-state index in [1.54, 1.807) is 0 Å². The molecule has 0 amide bonds. The molecule has 2 aromatic carbocycles. The van der Waals surface area contributed by atoms with Gasteiger partial charge in [0.15, 0.2) is 0 Å². The number of likely N-dealkylation sites (tertiary alicyclic amines) is 1. The van der Waals surface area contributed by atoms with Gasteiger partial charge in [-0.05, 0) is 37.1 Å². The van der Waals surface area contributed by atoms with E-state index >= 15 is 0 Å². The molecule has 1 atom stereocenters. The van der Waals surface area contributed by atoms with Crippen LogP contribution in [0.15, 0.2) is 60.7 Å². The average molecular weight is 364 g/mol. The van der Waals surface area contributed by atoms with Crippen LogP contribution in [0.4, 0.5) is 0 Å². The molecule has 0 saturated carbocycles. The minimum atomic E-state index is -0.903. The Morgan fingerprint density at radius 3 is 1.83 bits per heavy atom. The molecule has 1 aliphatic rings. The molecule has 24 heavy (non-hydrogen) atoms. The molecule has 0 spiro atoms. The molecule has 1 aliphatic heterocycles. The first kappa shape index (κ1) is 19.2. The van der Waals surface area contributed by atoms with Crippen molar-refractivity contribution in [3.63, 3.8) is 0 Å². The fourth-order valence-electron chi connectivity index (χ4n) is 3.27. The summed E-state index contributed by atoms with van der Waals surface area (Å²) in [6.07, 6.45) is 3.91. The second kappa shape index (κ2) is 9.97. The molecule has 2 aromatic rings. The number of hydrogen-bond acceptors (Lipinski definition) is 2. The maximum atomic E-state index is 13.1. The van der Waals surface area contributed by atoms with E-state index in [1.165, 1.54) is 32.4 Å². The van der Waals surface area contributed by atoms with Gasteiger partial charge < -0.3 is 4.90 Å². The number of hydrogen-bond donors (Lipinski definition) is 0. The van der Waals surface area contributed by atoms with Crippen molar-refractivity contribution >= 4 is 23.2 Å². The van der Waals surface area contributed by atoms with E-state index in [4.69, 9.17) is 0 Å². The predicted octanol–water partition coefficient (Wildman–Crippen LogP) is 4.43. The Labute approximate surface area is 154 Å². The van der Waals surface area contributed by atoms with E-state index in [-0.39, 0.29) is 17.7 Å². The molecule has 2 nitrogen and oxygen atoms in total. The molecule has 0 aliphatic carbocycles. The van der Waals surface area contributed by atoms with Crippen LogP contribution in [0.2, 0.25) is 0 Å². The fourth-order valence-corrected chi connectivity index (χ4v) is 4.87. The zero-order valence-corrected chi connectivity index (χ0v) is 15.6. The van der Waals surface area contributed by atoms with Gasteiger partial charge in [0.1, 0.15) is 0 Å². The number of rotatable bonds is 6. The van der Waals surface area contributed by atoms with Crippen LogP contribution in [0, 0.1) is 0 Å². The SMILES string of the molecule is Cl.O=S(CCN1CCCCC1)C(c1ccccc1)c1ccccc1. The first-order valence-corrected chi connectivity index (χ1v) is 9.92. The molecule has 0 N–H and O–H groups in total. The Morgan fingerprint density at radius 1 is 0.833 bits per heavy atom. The van der Waals surface area contributed by atoms with Crippen LogP contribution >= 0.6 is 12.4 Å². The Hall–Kier alpha value is -1.16. The Balaban J connectivity index is 0.00000208. The second-order valence-corrected chi connectivity index (χ2v) is 7.83.